The fourth-order valence-electron chi connectivity index (χ4n) is 2.78. The van der Waals surface area contributed by atoms with Crippen molar-refractivity contribution in [2.24, 2.45) is 11.8 Å². The van der Waals surface area contributed by atoms with Gasteiger partial charge >= 0.3 is 12.0 Å². The molecule has 1 unspecified atom stereocenters. The molecule has 2 amide bonds. The molecule has 122 valence electrons. The van der Waals surface area contributed by atoms with Crippen molar-refractivity contribution in [1.82, 2.24) is 10.6 Å². The highest BCUT2D eigenvalue weighted by Gasteiger charge is 2.42. The molecule has 1 aliphatic carbocycles. The predicted octanol–water partition coefficient (Wildman–Crippen LogP) is 3.14. The zero-order valence-electron chi connectivity index (χ0n) is 13.7. The Hall–Kier alpha value is -1.26. The van der Waals surface area contributed by atoms with Crippen molar-refractivity contribution in [3.63, 3.8) is 0 Å². The van der Waals surface area contributed by atoms with Crippen molar-refractivity contribution >= 4 is 12.0 Å². The summed E-state index contributed by atoms with van der Waals surface area (Å²) in [4.78, 5) is 23.6. The quantitative estimate of drug-likeness (QED) is 0.705. The molecular formula is C16H30N2O3. The molecule has 0 aromatic rings. The van der Waals surface area contributed by atoms with Crippen LogP contribution in [-0.4, -0.2) is 28.7 Å². The lowest BCUT2D eigenvalue weighted by molar-refractivity contribution is -0.146. The highest BCUT2D eigenvalue weighted by Crippen LogP contribution is 2.32. The maximum absolute atomic E-state index is 12.1. The van der Waals surface area contributed by atoms with Gasteiger partial charge in [0.2, 0.25) is 0 Å². The second-order valence-corrected chi connectivity index (χ2v) is 7.04. The van der Waals surface area contributed by atoms with Crippen LogP contribution in [0.3, 0.4) is 0 Å². The Bertz CT molecular complexity index is 361. The Morgan fingerprint density at radius 3 is 2.24 bits per heavy atom. The molecule has 0 aliphatic heterocycles. The topological polar surface area (TPSA) is 78.4 Å². The van der Waals surface area contributed by atoms with Crippen molar-refractivity contribution in [3.05, 3.63) is 0 Å². The lowest BCUT2D eigenvalue weighted by Gasteiger charge is -2.36. The molecule has 21 heavy (non-hydrogen) atoms. The van der Waals surface area contributed by atoms with E-state index < -0.39 is 11.5 Å². The van der Waals surface area contributed by atoms with Gasteiger partial charge in [-0.25, -0.2) is 9.59 Å². The largest absolute Gasteiger partial charge is 0.480 e. The number of carbonyl (C=O) groups excluding carboxylic acids is 1. The van der Waals surface area contributed by atoms with Gasteiger partial charge in [-0.05, 0) is 57.3 Å². The summed E-state index contributed by atoms with van der Waals surface area (Å²) in [5.74, 6) is 0.217. The Morgan fingerprint density at radius 2 is 1.76 bits per heavy atom. The van der Waals surface area contributed by atoms with Crippen molar-refractivity contribution in [2.75, 3.05) is 0 Å². The summed E-state index contributed by atoms with van der Waals surface area (Å²) >= 11 is 0. The van der Waals surface area contributed by atoms with Gasteiger partial charge < -0.3 is 15.7 Å². The Morgan fingerprint density at radius 1 is 1.19 bits per heavy atom. The molecule has 0 radical (unpaired) electrons. The van der Waals surface area contributed by atoms with Crippen LogP contribution in [0.4, 0.5) is 4.79 Å². The molecule has 0 spiro atoms. The predicted molar refractivity (Wildman–Crippen MR) is 83.2 cm³/mol. The Balaban J connectivity index is 2.52. The minimum absolute atomic E-state index is 0.0563. The van der Waals surface area contributed by atoms with Crippen molar-refractivity contribution in [1.29, 1.82) is 0 Å². The van der Waals surface area contributed by atoms with E-state index in [0.29, 0.717) is 24.7 Å². The monoisotopic (exact) mass is 298 g/mol. The lowest BCUT2D eigenvalue weighted by atomic mass is 9.77. The fourth-order valence-corrected chi connectivity index (χ4v) is 2.78. The van der Waals surface area contributed by atoms with E-state index >= 15 is 0 Å². The summed E-state index contributed by atoms with van der Waals surface area (Å²) in [6.45, 7) is 8.38. The van der Waals surface area contributed by atoms with Crippen molar-refractivity contribution in [2.45, 2.75) is 77.8 Å². The summed E-state index contributed by atoms with van der Waals surface area (Å²) in [6, 6.07) is -0.302. The summed E-state index contributed by atoms with van der Waals surface area (Å²) in [6.07, 6.45) is 4.66. The Labute approximate surface area is 127 Å². The van der Waals surface area contributed by atoms with E-state index in [2.05, 4.69) is 31.4 Å². The first-order valence-electron chi connectivity index (χ1n) is 8.07. The number of carbonyl (C=O) groups is 2. The molecule has 1 saturated carbocycles. The maximum Gasteiger partial charge on any atom is 0.329 e. The van der Waals surface area contributed by atoms with Crippen molar-refractivity contribution < 1.29 is 14.7 Å². The smallest absolute Gasteiger partial charge is 0.329 e. The van der Waals surface area contributed by atoms with E-state index in [0.717, 1.165) is 25.7 Å². The fraction of sp³-hybridized carbons (Fsp3) is 0.875. The first-order chi connectivity index (χ1) is 9.75. The normalized spacial score (nSPS) is 27.2. The SMILES string of the molecule is CC(C)CCC(C)NC(=O)NC1(C(=O)O)CCC(C)CC1. The third-order valence-corrected chi connectivity index (χ3v) is 4.44. The standard InChI is InChI=1S/C16H30N2O3/c1-11(2)5-6-13(4)17-15(21)18-16(14(19)20)9-7-12(3)8-10-16/h11-13H,5-10H2,1-4H3,(H,19,20)(H2,17,18,21). The van der Waals surface area contributed by atoms with Crippen LogP contribution in [0.15, 0.2) is 0 Å². The van der Waals surface area contributed by atoms with Crippen LogP contribution in [0.25, 0.3) is 0 Å². The van der Waals surface area contributed by atoms with Crippen LogP contribution in [-0.2, 0) is 4.79 Å². The molecule has 1 rings (SSSR count). The van der Waals surface area contributed by atoms with Gasteiger partial charge in [-0.3, -0.25) is 0 Å². The van der Waals surface area contributed by atoms with Crippen LogP contribution < -0.4 is 10.6 Å². The first-order valence-corrected chi connectivity index (χ1v) is 8.07. The second-order valence-electron chi connectivity index (χ2n) is 7.04. The van der Waals surface area contributed by atoms with Gasteiger partial charge in [0.25, 0.3) is 0 Å². The number of hydrogen-bond acceptors (Lipinski definition) is 2. The second kappa shape index (κ2) is 7.66. The van der Waals surface area contributed by atoms with Crippen LogP contribution in [0.2, 0.25) is 0 Å². The molecule has 3 N–H and O–H groups in total. The summed E-state index contributed by atoms with van der Waals surface area (Å²) in [7, 11) is 0. The molecule has 0 saturated heterocycles. The lowest BCUT2D eigenvalue weighted by Crippen LogP contribution is -2.59. The zero-order valence-corrected chi connectivity index (χ0v) is 13.7. The molecule has 1 aliphatic rings. The van der Waals surface area contributed by atoms with Gasteiger partial charge in [-0.15, -0.1) is 0 Å². The van der Waals surface area contributed by atoms with E-state index in [1.807, 2.05) is 6.92 Å². The minimum Gasteiger partial charge on any atom is -0.480 e. The minimum atomic E-state index is -1.09. The van der Waals surface area contributed by atoms with Gasteiger partial charge in [0.15, 0.2) is 0 Å². The van der Waals surface area contributed by atoms with Gasteiger partial charge in [-0.1, -0.05) is 20.8 Å². The van der Waals surface area contributed by atoms with E-state index in [1.165, 1.54) is 0 Å². The van der Waals surface area contributed by atoms with Gasteiger partial charge in [0, 0.05) is 6.04 Å². The molecule has 0 bridgehead atoms. The number of hydrogen-bond donors (Lipinski definition) is 3. The molecule has 0 aromatic carbocycles. The zero-order chi connectivity index (χ0) is 16.0. The number of carboxylic acid groups (broad SMARTS) is 1. The number of amides is 2. The van der Waals surface area contributed by atoms with Crippen LogP contribution in [0, 0.1) is 11.8 Å². The molecule has 0 heterocycles. The molecule has 5 heteroatoms. The number of rotatable bonds is 6. The third kappa shape index (κ3) is 5.56. The maximum atomic E-state index is 12.1. The van der Waals surface area contributed by atoms with Gasteiger partial charge in [-0.2, -0.15) is 0 Å². The number of nitrogens with one attached hydrogen (secondary N) is 2. The molecule has 1 fully saturated rings. The average molecular weight is 298 g/mol. The van der Waals surface area contributed by atoms with E-state index in [4.69, 9.17) is 0 Å². The van der Waals surface area contributed by atoms with Crippen LogP contribution in [0.5, 0.6) is 0 Å². The van der Waals surface area contributed by atoms with Gasteiger partial charge in [0.1, 0.15) is 5.54 Å². The summed E-state index contributed by atoms with van der Waals surface area (Å²) < 4.78 is 0. The van der Waals surface area contributed by atoms with E-state index in [1.54, 1.807) is 0 Å². The highest BCUT2D eigenvalue weighted by molar-refractivity contribution is 5.86. The molecular weight excluding hydrogens is 268 g/mol. The van der Waals surface area contributed by atoms with E-state index in [-0.39, 0.29) is 12.1 Å². The first kappa shape index (κ1) is 17.8. The van der Waals surface area contributed by atoms with Crippen molar-refractivity contribution in [3.8, 4) is 0 Å². The van der Waals surface area contributed by atoms with E-state index in [9.17, 15) is 14.7 Å². The molecule has 1 atom stereocenters. The third-order valence-electron chi connectivity index (χ3n) is 4.44. The summed E-state index contributed by atoms with van der Waals surface area (Å²) in [5, 5.41) is 15.1. The number of aliphatic carboxylic acids is 1. The van der Waals surface area contributed by atoms with Crippen LogP contribution in [0.1, 0.15) is 66.2 Å². The highest BCUT2D eigenvalue weighted by atomic mass is 16.4. The molecule has 5 nitrogen and oxygen atoms in total. The average Bonchev–Trinajstić information content (AvgIpc) is 2.39. The number of urea groups is 1. The molecule has 0 aromatic heterocycles. The summed E-state index contributed by atoms with van der Waals surface area (Å²) in [5.41, 5.74) is -1.09. The Kier molecular flexibility index (Phi) is 6.49. The van der Waals surface area contributed by atoms with Gasteiger partial charge in [0.05, 0.1) is 0 Å². The number of carboxylic acids is 1. The van der Waals surface area contributed by atoms with Crippen LogP contribution >= 0.6 is 0 Å².